The maximum absolute atomic E-state index is 13.8. The van der Waals surface area contributed by atoms with Gasteiger partial charge in [0.1, 0.15) is 0 Å². The Morgan fingerprint density at radius 2 is 1.90 bits per heavy atom. The van der Waals surface area contributed by atoms with Crippen LogP contribution in [0.3, 0.4) is 0 Å². The number of rotatable bonds is 3. The predicted molar refractivity (Wildman–Crippen MR) is 80.1 cm³/mol. The zero-order valence-corrected chi connectivity index (χ0v) is 12.6. The van der Waals surface area contributed by atoms with E-state index in [-0.39, 0.29) is 17.5 Å². The summed E-state index contributed by atoms with van der Waals surface area (Å²) in [6.07, 6.45) is 8.39. The van der Waals surface area contributed by atoms with E-state index < -0.39 is 5.82 Å². The van der Waals surface area contributed by atoms with E-state index in [2.05, 4.69) is 0 Å². The lowest BCUT2D eigenvalue weighted by Crippen LogP contribution is -2.31. The fourth-order valence-corrected chi connectivity index (χ4v) is 4.17. The molecule has 3 atom stereocenters. The first-order valence-electron chi connectivity index (χ1n) is 8.07. The van der Waals surface area contributed by atoms with Crippen LogP contribution in [-0.2, 0) is 0 Å². The molecule has 0 saturated heterocycles. The Balaban J connectivity index is 1.71. The molecule has 0 heterocycles. The number of carbonyl (C=O) groups is 1. The monoisotopic (exact) mass is 290 g/mol. The zero-order valence-electron chi connectivity index (χ0n) is 12.6. The standard InChI is InChI=1S/C18H23FO2/c1-21-17-9-8-15(11-16(17)19)18(20)14-7-6-12-4-2-3-5-13(12)10-14/h8-9,11-14H,2-7,10H2,1H3. The molecule has 3 heteroatoms. The van der Waals surface area contributed by atoms with Crippen molar-refractivity contribution >= 4 is 5.78 Å². The van der Waals surface area contributed by atoms with Gasteiger partial charge in [-0.2, -0.15) is 0 Å². The molecule has 0 amide bonds. The maximum Gasteiger partial charge on any atom is 0.166 e. The fourth-order valence-electron chi connectivity index (χ4n) is 4.17. The Morgan fingerprint density at radius 1 is 1.14 bits per heavy atom. The number of fused-ring (bicyclic) bond motifs is 1. The SMILES string of the molecule is COc1ccc(C(=O)C2CCC3CCCCC3C2)cc1F. The number of hydrogen-bond donors (Lipinski definition) is 0. The molecule has 1 aromatic carbocycles. The Morgan fingerprint density at radius 3 is 2.62 bits per heavy atom. The van der Waals surface area contributed by atoms with Crippen LogP contribution in [0, 0.1) is 23.6 Å². The number of ketones is 1. The first-order chi connectivity index (χ1) is 10.2. The molecule has 2 nitrogen and oxygen atoms in total. The van der Waals surface area contributed by atoms with Crippen molar-refractivity contribution in [2.45, 2.75) is 44.9 Å². The fraction of sp³-hybridized carbons (Fsp3) is 0.611. The first-order valence-corrected chi connectivity index (χ1v) is 8.07. The summed E-state index contributed by atoms with van der Waals surface area (Å²) < 4.78 is 18.7. The van der Waals surface area contributed by atoms with Crippen molar-refractivity contribution in [2.75, 3.05) is 7.11 Å². The van der Waals surface area contributed by atoms with E-state index in [1.54, 1.807) is 12.1 Å². The molecule has 3 rings (SSSR count). The zero-order chi connectivity index (χ0) is 14.8. The molecule has 0 spiro atoms. The number of Topliss-reactive ketones (excluding diaryl/α,β-unsaturated/α-hetero) is 1. The summed E-state index contributed by atoms with van der Waals surface area (Å²) in [6.45, 7) is 0. The number of ether oxygens (including phenoxy) is 1. The highest BCUT2D eigenvalue weighted by Gasteiger charge is 2.35. The molecule has 0 aromatic heterocycles. The largest absolute Gasteiger partial charge is 0.494 e. The maximum atomic E-state index is 13.8. The van der Waals surface area contributed by atoms with Crippen LogP contribution >= 0.6 is 0 Å². The molecule has 2 aliphatic carbocycles. The highest BCUT2D eigenvalue weighted by Crippen LogP contribution is 2.43. The van der Waals surface area contributed by atoms with Crippen LogP contribution in [0.5, 0.6) is 5.75 Å². The Hall–Kier alpha value is -1.38. The van der Waals surface area contributed by atoms with Crippen LogP contribution < -0.4 is 4.74 Å². The first kappa shape index (κ1) is 14.6. The molecule has 0 N–H and O–H groups in total. The molecule has 21 heavy (non-hydrogen) atoms. The molecule has 1 aromatic rings. The minimum atomic E-state index is -0.449. The highest BCUT2D eigenvalue weighted by molar-refractivity contribution is 5.98. The summed E-state index contributed by atoms with van der Waals surface area (Å²) in [7, 11) is 1.43. The van der Waals surface area contributed by atoms with E-state index in [9.17, 15) is 9.18 Å². The molecule has 2 fully saturated rings. The normalized spacial score (nSPS) is 28.8. The van der Waals surface area contributed by atoms with Crippen LogP contribution in [0.15, 0.2) is 18.2 Å². The molecule has 2 saturated carbocycles. The molecule has 114 valence electrons. The van der Waals surface area contributed by atoms with Crippen LogP contribution in [0.2, 0.25) is 0 Å². The number of methoxy groups -OCH3 is 1. The van der Waals surface area contributed by atoms with Gasteiger partial charge in [-0.1, -0.05) is 25.7 Å². The number of hydrogen-bond acceptors (Lipinski definition) is 2. The second-order valence-corrected chi connectivity index (χ2v) is 6.53. The van der Waals surface area contributed by atoms with Crippen LogP contribution in [-0.4, -0.2) is 12.9 Å². The third-order valence-electron chi connectivity index (χ3n) is 5.35. The minimum absolute atomic E-state index is 0.0807. The van der Waals surface area contributed by atoms with Gasteiger partial charge in [0.05, 0.1) is 7.11 Å². The Bertz CT molecular complexity index is 526. The second-order valence-electron chi connectivity index (χ2n) is 6.53. The van der Waals surface area contributed by atoms with E-state index in [1.165, 1.54) is 45.3 Å². The molecule has 2 aliphatic rings. The second kappa shape index (κ2) is 6.17. The van der Waals surface area contributed by atoms with Crippen LogP contribution in [0.4, 0.5) is 4.39 Å². The van der Waals surface area contributed by atoms with Gasteiger partial charge in [0.25, 0.3) is 0 Å². The van der Waals surface area contributed by atoms with Crippen molar-refractivity contribution in [3.63, 3.8) is 0 Å². The Kier molecular flexibility index (Phi) is 4.27. The quantitative estimate of drug-likeness (QED) is 0.759. The van der Waals surface area contributed by atoms with E-state index in [4.69, 9.17) is 4.74 Å². The lowest BCUT2D eigenvalue weighted by molar-refractivity contribution is 0.0763. The van der Waals surface area contributed by atoms with E-state index in [1.807, 2.05) is 0 Å². The van der Waals surface area contributed by atoms with Gasteiger partial charge in [0.2, 0.25) is 0 Å². The van der Waals surface area contributed by atoms with E-state index in [0.29, 0.717) is 11.5 Å². The van der Waals surface area contributed by atoms with Crippen molar-refractivity contribution in [3.8, 4) is 5.75 Å². The number of halogens is 1. The molecule has 3 unspecified atom stereocenters. The van der Waals surface area contributed by atoms with Crippen LogP contribution in [0.25, 0.3) is 0 Å². The van der Waals surface area contributed by atoms with Gasteiger partial charge in [-0.05, 0) is 49.3 Å². The van der Waals surface area contributed by atoms with Gasteiger partial charge < -0.3 is 4.74 Å². The lowest BCUT2D eigenvalue weighted by atomic mass is 9.66. The Labute approximate surface area is 125 Å². The van der Waals surface area contributed by atoms with Gasteiger partial charge in [-0.3, -0.25) is 4.79 Å². The van der Waals surface area contributed by atoms with Gasteiger partial charge >= 0.3 is 0 Å². The van der Waals surface area contributed by atoms with E-state index >= 15 is 0 Å². The number of carbonyl (C=O) groups excluding carboxylic acids is 1. The average molecular weight is 290 g/mol. The smallest absolute Gasteiger partial charge is 0.166 e. The minimum Gasteiger partial charge on any atom is -0.494 e. The van der Waals surface area contributed by atoms with Crippen molar-refractivity contribution < 1.29 is 13.9 Å². The summed E-state index contributed by atoms with van der Waals surface area (Å²) >= 11 is 0. The molecular formula is C18H23FO2. The summed E-state index contributed by atoms with van der Waals surface area (Å²) in [4.78, 5) is 12.6. The van der Waals surface area contributed by atoms with Gasteiger partial charge in [0, 0.05) is 11.5 Å². The van der Waals surface area contributed by atoms with Gasteiger partial charge in [0.15, 0.2) is 17.3 Å². The predicted octanol–water partition coefficient (Wildman–Crippen LogP) is 4.62. The van der Waals surface area contributed by atoms with Crippen molar-refractivity contribution in [3.05, 3.63) is 29.6 Å². The van der Waals surface area contributed by atoms with Gasteiger partial charge in [-0.15, -0.1) is 0 Å². The molecular weight excluding hydrogens is 267 g/mol. The van der Waals surface area contributed by atoms with E-state index in [0.717, 1.165) is 18.8 Å². The molecule has 0 radical (unpaired) electrons. The third kappa shape index (κ3) is 2.97. The molecule has 0 bridgehead atoms. The van der Waals surface area contributed by atoms with Crippen molar-refractivity contribution in [1.82, 2.24) is 0 Å². The third-order valence-corrected chi connectivity index (χ3v) is 5.35. The average Bonchev–Trinajstić information content (AvgIpc) is 2.53. The highest BCUT2D eigenvalue weighted by atomic mass is 19.1. The van der Waals surface area contributed by atoms with Gasteiger partial charge in [-0.25, -0.2) is 4.39 Å². The summed E-state index contributed by atoms with van der Waals surface area (Å²) in [5.74, 6) is 1.48. The van der Waals surface area contributed by atoms with Crippen molar-refractivity contribution in [2.24, 2.45) is 17.8 Å². The topological polar surface area (TPSA) is 26.3 Å². The lowest BCUT2D eigenvalue weighted by Gasteiger charge is -2.38. The van der Waals surface area contributed by atoms with Crippen molar-refractivity contribution in [1.29, 1.82) is 0 Å². The molecule has 0 aliphatic heterocycles. The summed E-state index contributed by atoms with van der Waals surface area (Å²) in [5.41, 5.74) is 0.493. The van der Waals surface area contributed by atoms with Crippen LogP contribution in [0.1, 0.15) is 55.3 Å². The number of benzene rings is 1. The summed E-state index contributed by atoms with van der Waals surface area (Å²) in [5, 5.41) is 0. The summed E-state index contributed by atoms with van der Waals surface area (Å²) in [6, 6.07) is 4.57.